The van der Waals surface area contributed by atoms with Crippen LogP contribution in [-0.2, 0) is 27.6 Å². The monoisotopic (exact) mass is 395 g/mol. The highest BCUT2D eigenvalue weighted by atomic mass is 32.2. The van der Waals surface area contributed by atoms with Crippen LogP contribution in [0.15, 0.2) is 52.3 Å². The molecule has 140 valence electrons. The summed E-state index contributed by atoms with van der Waals surface area (Å²) in [5.74, 6) is 0.497. The van der Waals surface area contributed by atoms with E-state index in [-0.39, 0.29) is 22.1 Å². The molecule has 0 saturated heterocycles. The SMILES string of the molecule is CN(C)S(=O)(=O)c1cccc(NC(=O)CSCc2ccn(C)c(=O)c2)c1. The van der Waals surface area contributed by atoms with Crippen molar-refractivity contribution in [2.45, 2.75) is 10.6 Å². The molecule has 1 aromatic heterocycles. The maximum atomic E-state index is 12.1. The van der Waals surface area contributed by atoms with Gasteiger partial charge in [-0.3, -0.25) is 9.59 Å². The Balaban J connectivity index is 1.94. The number of pyridine rings is 1. The number of amides is 1. The Labute approximate surface area is 157 Å². The topological polar surface area (TPSA) is 88.5 Å². The number of anilines is 1. The predicted molar refractivity (Wildman–Crippen MR) is 104 cm³/mol. The first-order valence-electron chi connectivity index (χ1n) is 7.76. The first kappa shape index (κ1) is 20.2. The van der Waals surface area contributed by atoms with Crippen molar-refractivity contribution in [3.8, 4) is 0 Å². The minimum atomic E-state index is -3.55. The summed E-state index contributed by atoms with van der Waals surface area (Å²) in [6.45, 7) is 0. The quantitative estimate of drug-likeness (QED) is 0.768. The van der Waals surface area contributed by atoms with Gasteiger partial charge in [0.25, 0.3) is 5.56 Å². The van der Waals surface area contributed by atoms with E-state index in [0.717, 1.165) is 9.87 Å². The molecule has 0 spiro atoms. The number of aromatic nitrogens is 1. The number of hydrogen-bond acceptors (Lipinski definition) is 5. The molecule has 2 rings (SSSR count). The minimum Gasteiger partial charge on any atom is -0.325 e. The zero-order chi connectivity index (χ0) is 19.3. The molecule has 1 N–H and O–H groups in total. The highest BCUT2D eigenvalue weighted by molar-refractivity contribution is 7.99. The number of sulfonamides is 1. The molecule has 0 atom stereocenters. The van der Waals surface area contributed by atoms with Crippen molar-refractivity contribution in [3.05, 3.63) is 58.5 Å². The van der Waals surface area contributed by atoms with Gasteiger partial charge in [-0.15, -0.1) is 11.8 Å². The summed E-state index contributed by atoms with van der Waals surface area (Å²) in [6, 6.07) is 9.51. The van der Waals surface area contributed by atoms with Crippen molar-refractivity contribution in [2.75, 3.05) is 25.2 Å². The van der Waals surface area contributed by atoms with Crippen LogP contribution in [-0.4, -0.2) is 43.0 Å². The average molecular weight is 396 g/mol. The summed E-state index contributed by atoms with van der Waals surface area (Å²) in [5, 5.41) is 2.69. The van der Waals surface area contributed by atoms with Crippen LogP contribution in [0.4, 0.5) is 5.69 Å². The Hall–Kier alpha value is -2.10. The summed E-state index contributed by atoms with van der Waals surface area (Å²) in [5.41, 5.74) is 1.18. The van der Waals surface area contributed by atoms with Crippen LogP contribution >= 0.6 is 11.8 Å². The Bertz CT molecular complexity index is 952. The maximum absolute atomic E-state index is 12.1. The molecule has 9 heteroatoms. The summed E-state index contributed by atoms with van der Waals surface area (Å²) >= 11 is 1.38. The van der Waals surface area contributed by atoms with Crippen molar-refractivity contribution in [1.29, 1.82) is 0 Å². The van der Waals surface area contributed by atoms with Gasteiger partial charge >= 0.3 is 0 Å². The number of rotatable bonds is 7. The smallest absolute Gasteiger partial charge is 0.250 e. The maximum Gasteiger partial charge on any atom is 0.250 e. The van der Waals surface area contributed by atoms with Gasteiger partial charge in [-0.2, -0.15) is 0 Å². The van der Waals surface area contributed by atoms with Crippen LogP contribution in [0, 0.1) is 0 Å². The molecule has 1 amide bonds. The van der Waals surface area contributed by atoms with Gasteiger partial charge in [-0.1, -0.05) is 6.07 Å². The summed E-state index contributed by atoms with van der Waals surface area (Å²) in [4.78, 5) is 23.7. The predicted octanol–water partition coefficient (Wildman–Crippen LogP) is 1.51. The lowest BCUT2D eigenvalue weighted by Crippen LogP contribution is -2.22. The van der Waals surface area contributed by atoms with Gasteiger partial charge in [0.15, 0.2) is 0 Å². The Morgan fingerprint density at radius 1 is 1.23 bits per heavy atom. The first-order valence-corrected chi connectivity index (χ1v) is 10.4. The zero-order valence-electron chi connectivity index (χ0n) is 14.8. The molecule has 0 fully saturated rings. The largest absolute Gasteiger partial charge is 0.325 e. The second kappa shape index (κ2) is 8.52. The highest BCUT2D eigenvalue weighted by Crippen LogP contribution is 2.18. The molecular formula is C17H21N3O4S2. The minimum absolute atomic E-state index is 0.0912. The zero-order valence-corrected chi connectivity index (χ0v) is 16.4. The van der Waals surface area contributed by atoms with Gasteiger partial charge in [0, 0.05) is 44.8 Å². The highest BCUT2D eigenvalue weighted by Gasteiger charge is 2.17. The summed E-state index contributed by atoms with van der Waals surface area (Å²) in [6.07, 6.45) is 1.69. The van der Waals surface area contributed by atoms with Crippen molar-refractivity contribution >= 4 is 33.4 Å². The molecule has 0 unspecified atom stereocenters. The number of hydrogen-bond donors (Lipinski definition) is 1. The van der Waals surface area contributed by atoms with E-state index < -0.39 is 10.0 Å². The number of nitrogens with one attached hydrogen (secondary N) is 1. The third kappa shape index (κ3) is 5.20. The van der Waals surface area contributed by atoms with Crippen LogP contribution in [0.1, 0.15) is 5.56 Å². The van der Waals surface area contributed by atoms with Gasteiger partial charge in [0.2, 0.25) is 15.9 Å². The van der Waals surface area contributed by atoms with Crippen LogP contribution in [0.2, 0.25) is 0 Å². The lowest BCUT2D eigenvalue weighted by molar-refractivity contribution is -0.113. The van der Waals surface area contributed by atoms with E-state index in [1.807, 2.05) is 6.07 Å². The Kier molecular flexibility index (Phi) is 6.63. The average Bonchev–Trinajstić information content (AvgIpc) is 2.58. The normalized spacial score (nSPS) is 11.5. The number of aryl methyl sites for hydroxylation is 1. The van der Waals surface area contributed by atoms with Crippen molar-refractivity contribution in [3.63, 3.8) is 0 Å². The molecule has 7 nitrogen and oxygen atoms in total. The van der Waals surface area contributed by atoms with E-state index in [1.165, 1.54) is 42.6 Å². The molecule has 0 radical (unpaired) electrons. The second-order valence-electron chi connectivity index (χ2n) is 5.84. The fourth-order valence-electron chi connectivity index (χ4n) is 2.08. The van der Waals surface area contributed by atoms with E-state index in [1.54, 1.807) is 31.4 Å². The molecule has 0 saturated carbocycles. The van der Waals surface area contributed by atoms with E-state index in [0.29, 0.717) is 11.4 Å². The lowest BCUT2D eigenvalue weighted by atomic mass is 10.3. The summed E-state index contributed by atoms with van der Waals surface area (Å²) in [7, 11) is 1.03. The van der Waals surface area contributed by atoms with Gasteiger partial charge in [-0.05, 0) is 29.8 Å². The fourth-order valence-corrected chi connectivity index (χ4v) is 3.81. The molecule has 1 heterocycles. The molecule has 0 bridgehead atoms. The third-order valence-electron chi connectivity index (χ3n) is 3.57. The van der Waals surface area contributed by atoms with Gasteiger partial charge in [-0.25, -0.2) is 12.7 Å². The molecule has 2 aromatic rings. The van der Waals surface area contributed by atoms with E-state index in [4.69, 9.17) is 0 Å². The Morgan fingerprint density at radius 2 is 1.96 bits per heavy atom. The van der Waals surface area contributed by atoms with Crippen LogP contribution in [0.25, 0.3) is 0 Å². The van der Waals surface area contributed by atoms with Crippen molar-refractivity contribution in [1.82, 2.24) is 8.87 Å². The molecule has 1 aromatic carbocycles. The second-order valence-corrected chi connectivity index (χ2v) is 8.98. The van der Waals surface area contributed by atoms with Gasteiger partial charge < -0.3 is 9.88 Å². The van der Waals surface area contributed by atoms with Crippen LogP contribution < -0.4 is 10.9 Å². The number of carbonyl (C=O) groups excluding carboxylic acids is 1. The molecular weight excluding hydrogens is 374 g/mol. The van der Waals surface area contributed by atoms with Crippen molar-refractivity contribution in [2.24, 2.45) is 7.05 Å². The first-order chi connectivity index (χ1) is 12.2. The third-order valence-corrected chi connectivity index (χ3v) is 6.38. The molecule has 0 aliphatic heterocycles. The van der Waals surface area contributed by atoms with Gasteiger partial charge in [0.05, 0.1) is 10.6 Å². The number of carbonyl (C=O) groups is 1. The molecule has 26 heavy (non-hydrogen) atoms. The van der Waals surface area contributed by atoms with Crippen LogP contribution in [0.3, 0.4) is 0 Å². The number of nitrogens with zero attached hydrogens (tertiary/aromatic N) is 2. The number of thioether (sulfide) groups is 1. The lowest BCUT2D eigenvalue weighted by Gasteiger charge is -2.12. The van der Waals surface area contributed by atoms with E-state index >= 15 is 0 Å². The Morgan fingerprint density at radius 3 is 2.62 bits per heavy atom. The van der Waals surface area contributed by atoms with E-state index in [9.17, 15) is 18.0 Å². The standard InChI is InChI=1S/C17H21N3O4S2/c1-19(2)26(23,24)15-6-4-5-14(10-15)18-16(21)12-25-11-13-7-8-20(3)17(22)9-13/h4-10H,11-12H2,1-3H3,(H,18,21). The molecule has 0 aliphatic carbocycles. The van der Waals surface area contributed by atoms with Crippen molar-refractivity contribution < 1.29 is 13.2 Å². The molecule has 0 aliphatic rings. The fraction of sp³-hybridized carbons (Fsp3) is 0.294. The summed E-state index contributed by atoms with van der Waals surface area (Å²) < 4.78 is 26.9. The van der Waals surface area contributed by atoms with Crippen LogP contribution in [0.5, 0.6) is 0 Å². The van der Waals surface area contributed by atoms with Gasteiger partial charge in [0.1, 0.15) is 0 Å². The van der Waals surface area contributed by atoms with E-state index in [2.05, 4.69) is 5.32 Å². The number of benzene rings is 1.